The minimum atomic E-state index is -0.0873. The number of hydrogen-bond acceptors (Lipinski definition) is 4. The van der Waals surface area contributed by atoms with Gasteiger partial charge in [0.05, 0.1) is 22.1 Å². The van der Waals surface area contributed by atoms with Crippen LogP contribution in [0.25, 0.3) is 5.69 Å². The lowest BCUT2D eigenvalue weighted by atomic mass is 10.1. The van der Waals surface area contributed by atoms with E-state index in [0.717, 1.165) is 29.4 Å². The van der Waals surface area contributed by atoms with Crippen LogP contribution < -0.4 is 5.32 Å². The van der Waals surface area contributed by atoms with Gasteiger partial charge in [-0.25, -0.2) is 9.67 Å². The number of nitrogens with zero attached hydrogens (tertiary/aromatic N) is 5. The topological polar surface area (TPSA) is 68.0 Å². The van der Waals surface area contributed by atoms with Gasteiger partial charge < -0.3 is 14.8 Å². The molecule has 29 heavy (non-hydrogen) atoms. The number of rotatable bonds is 3. The molecule has 0 radical (unpaired) electrons. The van der Waals surface area contributed by atoms with E-state index in [0.29, 0.717) is 23.7 Å². The number of benzene rings is 1. The molecule has 3 aromatic rings. The molecule has 4 rings (SSSR count). The second kappa shape index (κ2) is 8.57. The van der Waals surface area contributed by atoms with Gasteiger partial charge in [-0.1, -0.05) is 11.6 Å². The van der Waals surface area contributed by atoms with Crippen LogP contribution in [0.15, 0.2) is 36.7 Å². The highest BCUT2D eigenvalue weighted by molar-refractivity contribution is 6.31. The Bertz CT molecular complexity index is 1010. The normalized spacial score (nSPS) is 16.6. The predicted molar refractivity (Wildman–Crippen MR) is 115 cm³/mol. The molecule has 2 aromatic heterocycles. The molecule has 1 saturated heterocycles. The molecule has 0 bridgehead atoms. The summed E-state index contributed by atoms with van der Waals surface area (Å²) in [4.78, 5) is 19.5. The van der Waals surface area contributed by atoms with Crippen molar-refractivity contribution < 1.29 is 4.79 Å². The van der Waals surface area contributed by atoms with E-state index in [9.17, 15) is 4.79 Å². The van der Waals surface area contributed by atoms with Crippen LogP contribution >= 0.6 is 24.0 Å². The van der Waals surface area contributed by atoms with E-state index in [1.54, 1.807) is 10.9 Å². The SMILES string of the molecule is Cc1nn(-c2ccc(C(=O)N3CCNCC3c3nccn3C)cc2)c(C)c1Cl.Cl. The summed E-state index contributed by atoms with van der Waals surface area (Å²) in [6, 6.07) is 7.41. The Morgan fingerprint density at radius 1 is 1.24 bits per heavy atom. The summed E-state index contributed by atoms with van der Waals surface area (Å²) >= 11 is 6.25. The molecule has 1 aliphatic heterocycles. The van der Waals surface area contributed by atoms with E-state index in [1.165, 1.54) is 0 Å². The summed E-state index contributed by atoms with van der Waals surface area (Å²) in [5.41, 5.74) is 3.20. The van der Waals surface area contributed by atoms with E-state index in [2.05, 4.69) is 15.4 Å². The molecule has 0 aliphatic carbocycles. The molecule has 1 aromatic carbocycles. The van der Waals surface area contributed by atoms with Crippen molar-refractivity contribution in [1.29, 1.82) is 0 Å². The van der Waals surface area contributed by atoms with Gasteiger partial charge in [0.15, 0.2) is 0 Å². The van der Waals surface area contributed by atoms with E-state index >= 15 is 0 Å². The maximum absolute atomic E-state index is 13.2. The number of carbonyl (C=O) groups is 1. The molecule has 0 saturated carbocycles. The lowest BCUT2D eigenvalue weighted by Gasteiger charge is -2.35. The highest BCUT2D eigenvalue weighted by Crippen LogP contribution is 2.25. The van der Waals surface area contributed by atoms with Crippen LogP contribution in [0.1, 0.15) is 33.6 Å². The fraction of sp³-hybridized carbons (Fsp3) is 0.350. The number of hydrogen-bond donors (Lipinski definition) is 1. The number of imidazole rings is 1. The molecule has 3 heterocycles. The third-order valence-electron chi connectivity index (χ3n) is 5.22. The fourth-order valence-corrected chi connectivity index (χ4v) is 3.78. The Balaban J connectivity index is 0.00000240. The Hall–Kier alpha value is -2.35. The lowest BCUT2D eigenvalue weighted by Crippen LogP contribution is -2.49. The molecule has 1 atom stereocenters. The van der Waals surface area contributed by atoms with Crippen LogP contribution in [-0.2, 0) is 7.05 Å². The number of piperazine rings is 1. The van der Waals surface area contributed by atoms with Gasteiger partial charge in [-0.2, -0.15) is 5.10 Å². The zero-order valence-electron chi connectivity index (χ0n) is 16.6. The van der Waals surface area contributed by atoms with Crippen molar-refractivity contribution >= 4 is 29.9 Å². The van der Waals surface area contributed by atoms with E-state index in [4.69, 9.17) is 11.6 Å². The summed E-state index contributed by atoms with van der Waals surface area (Å²) in [5.74, 6) is 0.891. The van der Waals surface area contributed by atoms with Gasteiger partial charge in [-0.15, -0.1) is 12.4 Å². The second-order valence-electron chi connectivity index (χ2n) is 7.06. The average Bonchev–Trinajstić information content (AvgIpc) is 3.26. The first-order valence-electron chi connectivity index (χ1n) is 9.28. The monoisotopic (exact) mass is 434 g/mol. The van der Waals surface area contributed by atoms with Gasteiger partial charge in [0.25, 0.3) is 5.91 Å². The quantitative estimate of drug-likeness (QED) is 0.687. The molecular weight excluding hydrogens is 411 g/mol. The number of aromatic nitrogens is 4. The van der Waals surface area contributed by atoms with Crippen molar-refractivity contribution in [2.24, 2.45) is 7.05 Å². The van der Waals surface area contributed by atoms with Crippen LogP contribution in [0.5, 0.6) is 0 Å². The molecule has 1 fully saturated rings. The average molecular weight is 435 g/mol. The standard InChI is InChI=1S/C20H23ClN6O.ClH/c1-13-18(21)14(2)27(24-13)16-6-4-15(5-7-16)20(28)26-11-8-22-12-17(26)19-23-9-10-25(19)3;/h4-7,9-10,17,22H,8,11-12H2,1-3H3;1H. The number of aryl methyl sites for hydroxylation is 2. The molecule has 154 valence electrons. The number of amides is 1. The van der Waals surface area contributed by atoms with Crippen molar-refractivity contribution in [3.8, 4) is 5.69 Å². The van der Waals surface area contributed by atoms with Crippen LogP contribution in [0.3, 0.4) is 0 Å². The molecule has 9 heteroatoms. The van der Waals surface area contributed by atoms with Gasteiger partial charge in [-0.05, 0) is 38.1 Å². The second-order valence-corrected chi connectivity index (χ2v) is 7.44. The Morgan fingerprint density at radius 3 is 2.55 bits per heavy atom. The van der Waals surface area contributed by atoms with E-state index in [-0.39, 0.29) is 24.4 Å². The highest BCUT2D eigenvalue weighted by Gasteiger charge is 2.31. The van der Waals surface area contributed by atoms with Gasteiger partial charge in [0.1, 0.15) is 11.9 Å². The van der Waals surface area contributed by atoms with Crippen molar-refractivity contribution in [2.45, 2.75) is 19.9 Å². The summed E-state index contributed by atoms with van der Waals surface area (Å²) in [6.45, 7) is 5.92. The van der Waals surface area contributed by atoms with E-state index < -0.39 is 0 Å². The maximum atomic E-state index is 13.2. The van der Waals surface area contributed by atoms with Crippen molar-refractivity contribution in [2.75, 3.05) is 19.6 Å². The number of nitrogens with one attached hydrogen (secondary N) is 1. The number of carbonyl (C=O) groups excluding carboxylic acids is 1. The third kappa shape index (κ3) is 3.90. The van der Waals surface area contributed by atoms with Gasteiger partial charge >= 0.3 is 0 Å². The first kappa shape index (κ1) is 21.4. The van der Waals surface area contributed by atoms with Crippen LogP contribution in [-0.4, -0.2) is 49.8 Å². The largest absolute Gasteiger partial charge is 0.336 e. The minimum absolute atomic E-state index is 0. The molecule has 1 unspecified atom stereocenters. The van der Waals surface area contributed by atoms with Crippen molar-refractivity contribution in [3.63, 3.8) is 0 Å². The van der Waals surface area contributed by atoms with E-state index in [1.807, 2.05) is 60.8 Å². The highest BCUT2D eigenvalue weighted by atomic mass is 35.5. The van der Waals surface area contributed by atoms with Gasteiger partial charge in [0.2, 0.25) is 0 Å². The van der Waals surface area contributed by atoms with Crippen LogP contribution in [0.2, 0.25) is 5.02 Å². The Kier molecular flexibility index (Phi) is 6.31. The Morgan fingerprint density at radius 2 is 1.97 bits per heavy atom. The third-order valence-corrected chi connectivity index (χ3v) is 5.77. The first-order valence-corrected chi connectivity index (χ1v) is 9.66. The van der Waals surface area contributed by atoms with Crippen LogP contribution in [0.4, 0.5) is 0 Å². The smallest absolute Gasteiger partial charge is 0.254 e. The zero-order chi connectivity index (χ0) is 19.8. The Labute approximate surface area is 181 Å². The lowest BCUT2D eigenvalue weighted by molar-refractivity contribution is 0.0621. The molecule has 1 aliphatic rings. The molecule has 7 nitrogen and oxygen atoms in total. The van der Waals surface area contributed by atoms with Gasteiger partial charge in [-0.3, -0.25) is 4.79 Å². The fourth-order valence-electron chi connectivity index (χ4n) is 3.66. The molecule has 0 spiro atoms. The van der Waals surface area contributed by atoms with Gasteiger partial charge in [0, 0.05) is 44.6 Å². The minimum Gasteiger partial charge on any atom is -0.336 e. The zero-order valence-corrected chi connectivity index (χ0v) is 18.2. The molecular formula is C20H24Cl2N6O. The summed E-state index contributed by atoms with van der Waals surface area (Å²) < 4.78 is 3.76. The predicted octanol–water partition coefficient (Wildman–Crippen LogP) is 3.08. The summed E-state index contributed by atoms with van der Waals surface area (Å²) in [7, 11) is 1.95. The van der Waals surface area contributed by atoms with Crippen molar-refractivity contribution in [1.82, 2.24) is 29.5 Å². The van der Waals surface area contributed by atoms with Crippen LogP contribution in [0, 0.1) is 13.8 Å². The number of halogens is 2. The summed E-state index contributed by atoms with van der Waals surface area (Å²) in [6.07, 6.45) is 3.67. The first-order chi connectivity index (χ1) is 13.5. The molecule has 1 N–H and O–H groups in total. The summed E-state index contributed by atoms with van der Waals surface area (Å²) in [5, 5.41) is 8.50. The maximum Gasteiger partial charge on any atom is 0.254 e. The van der Waals surface area contributed by atoms with Crippen molar-refractivity contribution in [3.05, 3.63) is 64.5 Å². The molecule has 1 amide bonds.